The number of hydrogen-bond acceptors (Lipinski definition) is 1. The zero-order chi connectivity index (χ0) is 14.6. The number of rotatable bonds is 6. The molecular weight excluding hydrogens is 249 g/mol. The van der Waals surface area contributed by atoms with Crippen molar-refractivity contribution in [2.45, 2.75) is 59.4 Å². The summed E-state index contributed by atoms with van der Waals surface area (Å²) in [5.41, 5.74) is 2.42. The van der Waals surface area contributed by atoms with Crippen LogP contribution < -0.4 is 5.32 Å². The molecule has 0 aliphatic heterocycles. The van der Waals surface area contributed by atoms with Crippen LogP contribution in [0, 0.1) is 24.1 Å². The minimum Gasteiger partial charge on any atom is -0.312 e. The van der Waals surface area contributed by atoms with Crippen LogP contribution >= 0.6 is 0 Å². The number of aryl methyl sites for hydroxylation is 1. The zero-order valence-electron chi connectivity index (χ0n) is 13.1. The minimum absolute atomic E-state index is 0.110. The van der Waals surface area contributed by atoms with Gasteiger partial charge in [-0.15, -0.1) is 0 Å². The molecule has 2 rings (SSSR count). The molecule has 1 saturated carbocycles. The number of hydrogen-bond donors (Lipinski definition) is 1. The summed E-state index contributed by atoms with van der Waals surface area (Å²) in [7, 11) is 0. The Bertz CT molecular complexity index is 433. The minimum atomic E-state index is -0.110. The van der Waals surface area contributed by atoms with Crippen molar-refractivity contribution >= 4 is 0 Å². The molecule has 112 valence electrons. The van der Waals surface area contributed by atoms with E-state index in [0.29, 0.717) is 5.41 Å². The number of halogens is 1. The summed E-state index contributed by atoms with van der Waals surface area (Å²) in [5.74, 6) is 0.656. The number of nitrogens with one attached hydrogen (secondary N) is 1. The van der Waals surface area contributed by atoms with E-state index in [4.69, 9.17) is 0 Å². The monoisotopic (exact) mass is 277 g/mol. The summed E-state index contributed by atoms with van der Waals surface area (Å²) >= 11 is 0. The molecule has 0 spiro atoms. The molecule has 0 unspecified atom stereocenters. The van der Waals surface area contributed by atoms with Gasteiger partial charge in [-0.2, -0.15) is 0 Å². The van der Waals surface area contributed by atoms with Crippen LogP contribution in [0.2, 0.25) is 0 Å². The zero-order valence-corrected chi connectivity index (χ0v) is 13.1. The standard InChI is InChI=1S/C18H28FN/c1-14(2)11-18(8-4-5-9-18)13-20-12-16-6-7-17(19)15(3)10-16/h6-7,10,14,20H,4-5,8-9,11-13H2,1-3H3. The van der Waals surface area contributed by atoms with Crippen molar-refractivity contribution in [2.75, 3.05) is 6.54 Å². The van der Waals surface area contributed by atoms with Gasteiger partial charge in [-0.05, 0) is 54.7 Å². The summed E-state index contributed by atoms with van der Waals surface area (Å²) < 4.78 is 13.3. The van der Waals surface area contributed by atoms with Crippen LogP contribution in [0.25, 0.3) is 0 Å². The van der Waals surface area contributed by atoms with Gasteiger partial charge in [-0.3, -0.25) is 0 Å². The predicted molar refractivity (Wildman–Crippen MR) is 83.2 cm³/mol. The maximum Gasteiger partial charge on any atom is 0.126 e. The van der Waals surface area contributed by atoms with Crippen LogP contribution in [-0.2, 0) is 6.54 Å². The fourth-order valence-corrected chi connectivity index (χ4v) is 3.73. The van der Waals surface area contributed by atoms with Gasteiger partial charge in [-0.1, -0.05) is 38.8 Å². The molecule has 1 N–H and O–H groups in total. The third kappa shape index (κ3) is 4.05. The van der Waals surface area contributed by atoms with Gasteiger partial charge >= 0.3 is 0 Å². The van der Waals surface area contributed by atoms with Gasteiger partial charge in [0, 0.05) is 13.1 Å². The second kappa shape index (κ2) is 6.71. The van der Waals surface area contributed by atoms with Crippen LogP contribution in [0.1, 0.15) is 57.1 Å². The summed E-state index contributed by atoms with van der Waals surface area (Å²) in [6.07, 6.45) is 6.80. The van der Waals surface area contributed by atoms with Crippen molar-refractivity contribution < 1.29 is 4.39 Å². The van der Waals surface area contributed by atoms with Crippen LogP contribution in [-0.4, -0.2) is 6.54 Å². The summed E-state index contributed by atoms with van der Waals surface area (Å²) in [4.78, 5) is 0. The van der Waals surface area contributed by atoms with Crippen molar-refractivity contribution in [1.29, 1.82) is 0 Å². The van der Waals surface area contributed by atoms with Crippen molar-refractivity contribution in [3.8, 4) is 0 Å². The van der Waals surface area contributed by atoms with Crippen LogP contribution in [0.4, 0.5) is 4.39 Å². The smallest absolute Gasteiger partial charge is 0.126 e. The van der Waals surface area contributed by atoms with Crippen molar-refractivity contribution in [3.63, 3.8) is 0 Å². The molecule has 0 heterocycles. The van der Waals surface area contributed by atoms with E-state index in [-0.39, 0.29) is 5.82 Å². The quantitative estimate of drug-likeness (QED) is 0.785. The van der Waals surface area contributed by atoms with Crippen LogP contribution in [0.5, 0.6) is 0 Å². The Balaban J connectivity index is 1.88. The summed E-state index contributed by atoms with van der Waals surface area (Å²) in [6.45, 7) is 8.42. The molecule has 1 aliphatic rings. The third-order valence-electron chi connectivity index (χ3n) is 4.56. The van der Waals surface area contributed by atoms with Gasteiger partial charge in [0.25, 0.3) is 0 Å². The normalized spacial score (nSPS) is 17.9. The molecule has 0 radical (unpaired) electrons. The number of benzene rings is 1. The lowest BCUT2D eigenvalue weighted by Crippen LogP contribution is -2.33. The highest BCUT2D eigenvalue weighted by molar-refractivity contribution is 5.23. The lowest BCUT2D eigenvalue weighted by atomic mass is 9.78. The van der Waals surface area contributed by atoms with Gasteiger partial charge in [0.05, 0.1) is 0 Å². The van der Waals surface area contributed by atoms with E-state index in [1.807, 2.05) is 19.1 Å². The highest BCUT2D eigenvalue weighted by Crippen LogP contribution is 2.42. The summed E-state index contributed by atoms with van der Waals surface area (Å²) in [6, 6.07) is 5.41. The molecule has 20 heavy (non-hydrogen) atoms. The second-order valence-electron chi connectivity index (χ2n) is 6.99. The second-order valence-corrected chi connectivity index (χ2v) is 6.99. The highest BCUT2D eigenvalue weighted by atomic mass is 19.1. The fraction of sp³-hybridized carbons (Fsp3) is 0.667. The van der Waals surface area contributed by atoms with Crippen molar-refractivity contribution in [3.05, 3.63) is 35.1 Å². The average Bonchev–Trinajstić information content (AvgIpc) is 2.81. The molecule has 0 atom stereocenters. The van der Waals surface area contributed by atoms with Gasteiger partial charge in [0.2, 0.25) is 0 Å². The Morgan fingerprint density at radius 3 is 2.55 bits per heavy atom. The van der Waals surface area contributed by atoms with E-state index in [2.05, 4.69) is 19.2 Å². The van der Waals surface area contributed by atoms with E-state index < -0.39 is 0 Å². The predicted octanol–water partition coefficient (Wildman–Crippen LogP) is 4.83. The lowest BCUT2D eigenvalue weighted by Gasteiger charge is -2.31. The topological polar surface area (TPSA) is 12.0 Å². The Hall–Kier alpha value is -0.890. The molecule has 0 amide bonds. The third-order valence-corrected chi connectivity index (χ3v) is 4.56. The van der Waals surface area contributed by atoms with Gasteiger partial charge in [0.1, 0.15) is 5.82 Å². The first-order valence-corrected chi connectivity index (χ1v) is 7.96. The first kappa shape index (κ1) is 15.5. The SMILES string of the molecule is Cc1cc(CNCC2(CC(C)C)CCCC2)ccc1F. The van der Waals surface area contributed by atoms with E-state index in [9.17, 15) is 4.39 Å². The maximum atomic E-state index is 13.3. The molecule has 1 aromatic rings. The summed E-state index contributed by atoms with van der Waals surface area (Å²) in [5, 5.41) is 3.61. The van der Waals surface area contributed by atoms with Crippen molar-refractivity contribution in [2.24, 2.45) is 11.3 Å². The van der Waals surface area contributed by atoms with Crippen molar-refractivity contribution in [1.82, 2.24) is 5.32 Å². The Labute approximate surface area is 123 Å². The Kier molecular flexibility index (Phi) is 5.20. The molecule has 1 fully saturated rings. The molecule has 0 saturated heterocycles. The molecule has 0 aromatic heterocycles. The molecule has 1 aliphatic carbocycles. The van der Waals surface area contributed by atoms with E-state index in [0.717, 1.165) is 24.6 Å². The van der Waals surface area contributed by atoms with Gasteiger partial charge < -0.3 is 5.32 Å². The van der Waals surface area contributed by atoms with Gasteiger partial charge in [0.15, 0.2) is 0 Å². The van der Waals surface area contributed by atoms with Crippen LogP contribution in [0.3, 0.4) is 0 Å². The molecule has 2 heteroatoms. The Morgan fingerprint density at radius 2 is 1.95 bits per heavy atom. The fourth-order valence-electron chi connectivity index (χ4n) is 3.73. The maximum absolute atomic E-state index is 13.3. The first-order chi connectivity index (χ1) is 9.51. The average molecular weight is 277 g/mol. The highest BCUT2D eigenvalue weighted by Gasteiger charge is 2.33. The molecule has 1 aromatic carbocycles. The largest absolute Gasteiger partial charge is 0.312 e. The van der Waals surface area contributed by atoms with E-state index >= 15 is 0 Å². The molecule has 1 nitrogen and oxygen atoms in total. The van der Waals surface area contributed by atoms with Crippen LogP contribution in [0.15, 0.2) is 18.2 Å². The Morgan fingerprint density at radius 1 is 1.25 bits per heavy atom. The molecule has 0 bridgehead atoms. The van der Waals surface area contributed by atoms with E-state index in [1.165, 1.54) is 37.7 Å². The lowest BCUT2D eigenvalue weighted by molar-refractivity contribution is 0.223. The van der Waals surface area contributed by atoms with E-state index in [1.54, 1.807) is 6.07 Å². The van der Waals surface area contributed by atoms with Gasteiger partial charge in [-0.25, -0.2) is 4.39 Å². The first-order valence-electron chi connectivity index (χ1n) is 7.96. The molecular formula is C18H28FN.